The molecule has 0 aromatic rings. The van der Waals surface area contributed by atoms with Crippen molar-refractivity contribution in [3.63, 3.8) is 0 Å². The van der Waals surface area contributed by atoms with Gasteiger partial charge in [-0.1, -0.05) is 19.3 Å². The van der Waals surface area contributed by atoms with Gasteiger partial charge in [0.2, 0.25) is 5.91 Å². The number of sulfone groups is 1. The van der Waals surface area contributed by atoms with E-state index >= 15 is 0 Å². The maximum Gasteiger partial charge on any atom is 0.240 e. The number of carbonyl (C=O) groups is 1. The average Bonchev–Trinajstić information content (AvgIpc) is 2.25. The van der Waals surface area contributed by atoms with Gasteiger partial charge < -0.3 is 11.1 Å². The molecule has 0 unspecified atom stereocenters. The van der Waals surface area contributed by atoms with Gasteiger partial charge in [0.25, 0.3) is 0 Å². The molecule has 5 nitrogen and oxygen atoms in total. The second kappa shape index (κ2) is 5.17. The zero-order chi connectivity index (χ0) is 14.0. The van der Waals surface area contributed by atoms with Crippen LogP contribution in [0.4, 0.5) is 0 Å². The number of amides is 1. The van der Waals surface area contributed by atoms with Gasteiger partial charge in [0.05, 0.1) is 0 Å². The Morgan fingerprint density at radius 1 is 1.28 bits per heavy atom. The highest BCUT2D eigenvalue weighted by molar-refractivity contribution is 7.92. The van der Waals surface area contributed by atoms with E-state index in [0.29, 0.717) is 6.54 Å². The Bertz CT molecular complexity index is 409. The molecular weight excluding hydrogens is 252 g/mol. The highest BCUT2D eigenvalue weighted by atomic mass is 32.2. The normalized spacial score (nSPS) is 20.4. The fraction of sp³-hybridized carbons (Fsp3) is 0.917. The van der Waals surface area contributed by atoms with E-state index in [1.54, 1.807) is 0 Å². The van der Waals surface area contributed by atoms with Crippen LogP contribution in [0.25, 0.3) is 0 Å². The molecule has 3 N–H and O–H groups in total. The van der Waals surface area contributed by atoms with Gasteiger partial charge in [0.15, 0.2) is 9.84 Å². The van der Waals surface area contributed by atoms with Crippen molar-refractivity contribution in [2.45, 2.75) is 56.2 Å². The molecule has 0 bridgehead atoms. The Labute approximate surface area is 109 Å². The number of rotatable bonds is 4. The van der Waals surface area contributed by atoms with Gasteiger partial charge in [0.1, 0.15) is 4.75 Å². The van der Waals surface area contributed by atoms with Crippen LogP contribution in [0.5, 0.6) is 0 Å². The van der Waals surface area contributed by atoms with Crippen LogP contribution in [0.2, 0.25) is 0 Å². The number of nitrogens with two attached hydrogens (primary N) is 1. The SMILES string of the molecule is CC(C)(C(=O)NCC1(N)CCCCC1)S(C)(=O)=O. The topological polar surface area (TPSA) is 89.3 Å². The number of carbonyl (C=O) groups excluding carboxylic acids is 1. The largest absolute Gasteiger partial charge is 0.353 e. The summed E-state index contributed by atoms with van der Waals surface area (Å²) in [5.74, 6) is -0.472. The molecule has 0 atom stereocenters. The molecule has 18 heavy (non-hydrogen) atoms. The lowest BCUT2D eigenvalue weighted by molar-refractivity contribution is -0.123. The van der Waals surface area contributed by atoms with Crippen molar-refractivity contribution in [3.05, 3.63) is 0 Å². The Kier molecular flexibility index (Phi) is 4.43. The molecule has 0 radical (unpaired) electrons. The highest BCUT2D eigenvalue weighted by Crippen LogP contribution is 2.25. The van der Waals surface area contributed by atoms with E-state index in [9.17, 15) is 13.2 Å². The molecule has 0 spiro atoms. The Morgan fingerprint density at radius 3 is 2.22 bits per heavy atom. The molecule has 0 aliphatic heterocycles. The predicted octanol–water partition coefficient (Wildman–Crippen LogP) is 0.587. The van der Waals surface area contributed by atoms with Crippen LogP contribution in [0.3, 0.4) is 0 Å². The zero-order valence-electron chi connectivity index (χ0n) is 11.5. The van der Waals surface area contributed by atoms with Gasteiger partial charge in [0, 0.05) is 18.3 Å². The van der Waals surface area contributed by atoms with Gasteiger partial charge in [-0.15, -0.1) is 0 Å². The van der Waals surface area contributed by atoms with Crippen molar-refractivity contribution < 1.29 is 13.2 Å². The first kappa shape index (κ1) is 15.4. The fourth-order valence-corrected chi connectivity index (χ4v) is 2.48. The van der Waals surface area contributed by atoms with E-state index in [1.165, 1.54) is 20.3 Å². The minimum atomic E-state index is -3.43. The van der Waals surface area contributed by atoms with Crippen molar-refractivity contribution in [2.75, 3.05) is 12.8 Å². The van der Waals surface area contributed by atoms with Crippen LogP contribution < -0.4 is 11.1 Å². The molecule has 0 aromatic carbocycles. The molecular formula is C12H24N2O3S. The third kappa shape index (κ3) is 3.45. The van der Waals surface area contributed by atoms with Gasteiger partial charge >= 0.3 is 0 Å². The van der Waals surface area contributed by atoms with Crippen LogP contribution in [0.15, 0.2) is 0 Å². The fourth-order valence-electron chi connectivity index (χ4n) is 2.07. The Morgan fingerprint density at radius 2 is 1.78 bits per heavy atom. The van der Waals surface area contributed by atoms with Crippen LogP contribution in [0.1, 0.15) is 46.0 Å². The maximum atomic E-state index is 12.0. The third-order valence-electron chi connectivity index (χ3n) is 3.92. The first-order valence-electron chi connectivity index (χ1n) is 6.35. The van der Waals surface area contributed by atoms with Gasteiger partial charge in [-0.05, 0) is 26.7 Å². The monoisotopic (exact) mass is 276 g/mol. The van der Waals surface area contributed by atoms with Crippen LogP contribution in [-0.2, 0) is 14.6 Å². The minimum absolute atomic E-state index is 0.352. The summed E-state index contributed by atoms with van der Waals surface area (Å²) in [4.78, 5) is 12.0. The molecule has 1 amide bonds. The summed E-state index contributed by atoms with van der Waals surface area (Å²) in [5.41, 5.74) is 5.82. The van der Waals surface area contributed by atoms with E-state index in [0.717, 1.165) is 31.9 Å². The Balaban J connectivity index is 2.61. The predicted molar refractivity (Wildman–Crippen MR) is 71.9 cm³/mol. The van der Waals surface area contributed by atoms with Crippen molar-refractivity contribution >= 4 is 15.7 Å². The van der Waals surface area contributed by atoms with Gasteiger partial charge in [-0.25, -0.2) is 8.42 Å². The Hall–Kier alpha value is -0.620. The number of hydrogen-bond donors (Lipinski definition) is 2. The molecule has 1 saturated carbocycles. The summed E-state index contributed by atoms with van der Waals surface area (Å²) >= 11 is 0. The van der Waals surface area contributed by atoms with Crippen molar-refractivity contribution in [1.29, 1.82) is 0 Å². The molecule has 0 heterocycles. The minimum Gasteiger partial charge on any atom is -0.353 e. The van der Waals surface area contributed by atoms with Crippen molar-refractivity contribution in [1.82, 2.24) is 5.32 Å². The van der Waals surface area contributed by atoms with E-state index < -0.39 is 20.5 Å². The standard InChI is InChI=1S/C12H24N2O3S/c1-11(2,18(3,16)17)10(15)14-9-12(13)7-5-4-6-8-12/h4-9,13H2,1-3H3,(H,14,15). The van der Waals surface area contributed by atoms with Gasteiger partial charge in [-0.2, -0.15) is 0 Å². The van der Waals surface area contributed by atoms with Gasteiger partial charge in [-0.3, -0.25) is 4.79 Å². The van der Waals surface area contributed by atoms with Crippen molar-refractivity contribution in [2.24, 2.45) is 5.73 Å². The highest BCUT2D eigenvalue weighted by Gasteiger charge is 2.39. The maximum absolute atomic E-state index is 12.0. The summed E-state index contributed by atoms with van der Waals surface area (Å²) < 4.78 is 21.7. The summed E-state index contributed by atoms with van der Waals surface area (Å²) in [6.07, 6.45) is 6.16. The average molecular weight is 276 g/mol. The zero-order valence-corrected chi connectivity index (χ0v) is 12.3. The summed E-state index contributed by atoms with van der Waals surface area (Å²) in [5, 5.41) is 2.70. The van der Waals surface area contributed by atoms with E-state index in [1.807, 2.05) is 0 Å². The van der Waals surface area contributed by atoms with E-state index in [-0.39, 0.29) is 5.54 Å². The second-order valence-corrected chi connectivity index (χ2v) is 8.45. The lowest BCUT2D eigenvalue weighted by atomic mass is 9.82. The first-order chi connectivity index (χ1) is 8.08. The second-order valence-electron chi connectivity index (χ2n) is 5.89. The molecule has 1 aliphatic rings. The van der Waals surface area contributed by atoms with E-state index in [4.69, 9.17) is 5.73 Å². The number of hydrogen-bond acceptors (Lipinski definition) is 4. The first-order valence-corrected chi connectivity index (χ1v) is 8.24. The van der Waals surface area contributed by atoms with Crippen LogP contribution in [0, 0.1) is 0 Å². The summed E-state index contributed by atoms with van der Waals surface area (Å²) in [6, 6.07) is 0. The molecule has 106 valence electrons. The molecule has 1 rings (SSSR count). The summed E-state index contributed by atoms with van der Waals surface area (Å²) in [7, 11) is -3.43. The molecule has 1 aliphatic carbocycles. The van der Waals surface area contributed by atoms with Crippen LogP contribution >= 0.6 is 0 Å². The lowest BCUT2D eigenvalue weighted by Crippen LogP contribution is -2.55. The molecule has 0 aromatic heterocycles. The molecule has 1 fully saturated rings. The number of nitrogens with one attached hydrogen (secondary N) is 1. The quantitative estimate of drug-likeness (QED) is 0.786. The van der Waals surface area contributed by atoms with E-state index in [2.05, 4.69) is 5.32 Å². The molecule has 0 saturated heterocycles. The third-order valence-corrected chi connectivity index (χ3v) is 5.96. The lowest BCUT2D eigenvalue weighted by Gasteiger charge is -2.34. The van der Waals surface area contributed by atoms with Crippen LogP contribution in [-0.4, -0.2) is 37.4 Å². The summed E-state index contributed by atoms with van der Waals surface area (Å²) in [6.45, 7) is 3.19. The molecule has 6 heteroatoms. The smallest absolute Gasteiger partial charge is 0.240 e. The van der Waals surface area contributed by atoms with Crippen molar-refractivity contribution in [3.8, 4) is 0 Å².